The summed E-state index contributed by atoms with van der Waals surface area (Å²) in [6.45, 7) is 0. The van der Waals surface area contributed by atoms with Gasteiger partial charge >= 0.3 is 0 Å². The summed E-state index contributed by atoms with van der Waals surface area (Å²) in [4.78, 5) is 17.7. The molecule has 3 aromatic rings. The summed E-state index contributed by atoms with van der Waals surface area (Å²) < 4.78 is 1.62. The second-order valence-electron chi connectivity index (χ2n) is 4.92. The van der Waals surface area contributed by atoms with E-state index in [0.29, 0.717) is 11.4 Å². The van der Waals surface area contributed by atoms with Crippen molar-refractivity contribution in [2.75, 3.05) is 19.8 Å². The van der Waals surface area contributed by atoms with Crippen molar-refractivity contribution >= 4 is 22.5 Å². The molecule has 0 spiro atoms. The van der Waals surface area contributed by atoms with Crippen molar-refractivity contribution in [3.8, 4) is 5.69 Å². The minimum absolute atomic E-state index is 0.148. The highest BCUT2D eigenvalue weighted by Gasteiger charge is 2.14. The molecule has 2 N–H and O–H groups in total. The van der Waals surface area contributed by atoms with Crippen molar-refractivity contribution in [3.63, 3.8) is 0 Å². The van der Waals surface area contributed by atoms with E-state index in [4.69, 9.17) is 5.73 Å². The number of benzene rings is 1. The number of aromatic nitrogens is 3. The van der Waals surface area contributed by atoms with E-state index in [1.165, 1.54) is 4.90 Å². The summed E-state index contributed by atoms with van der Waals surface area (Å²) in [5.41, 5.74) is 8.50. The molecule has 0 unspecified atom stereocenters. The molecule has 0 bridgehead atoms. The fourth-order valence-corrected chi connectivity index (χ4v) is 2.19. The highest BCUT2D eigenvalue weighted by atomic mass is 16.2. The van der Waals surface area contributed by atoms with E-state index < -0.39 is 0 Å². The van der Waals surface area contributed by atoms with E-state index >= 15 is 0 Å². The molecule has 0 atom stereocenters. The standard InChI is InChI=1S/C15H15N5O/c1-19(2)15(21)13-7-8-20(18-13)14-10-5-3-4-6-12(10)17-9-11(14)16/h3-9H,16H2,1-2H3. The van der Waals surface area contributed by atoms with Gasteiger partial charge in [-0.15, -0.1) is 0 Å². The molecule has 0 aliphatic heterocycles. The van der Waals surface area contributed by atoms with Crippen LogP contribution in [0.25, 0.3) is 16.6 Å². The summed E-state index contributed by atoms with van der Waals surface area (Å²) in [5.74, 6) is -0.148. The van der Waals surface area contributed by atoms with Gasteiger partial charge in [-0.05, 0) is 12.1 Å². The number of amides is 1. The van der Waals surface area contributed by atoms with Gasteiger partial charge in [0.2, 0.25) is 0 Å². The molecule has 6 nitrogen and oxygen atoms in total. The molecule has 0 fully saturated rings. The molecule has 2 aromatic heterocycles. The Hall–Kier alpha value is -2.89. The molecule has 0 aliphatic rings. The van der Waals surface area contributed by atoms with Crippen molar-refractivity contribution in [1.29, 1.82) is 0 Å². The van der Waals surface area contributed by atoms with Gasteiger partial charge in [-0.25, -0.2) is 4.68 Å². The minimum atomic E-state index is -0.148. The van der Waals surface area contributed by atoms with Crippen LogP contribution in [0, 0.1) is 0 Å². The smallest absolute Gasteiger partial charge is 0.273 e. The Morgan fingerprint density at radius 1 is 1.24 bits per heavy atom. The Morgan fingerprint density at radius 3 is 2.76 bits per heavy atom. The number of carbonyl (C=O) groups is 1. The lowest BCUT2D eigenvalue weighted by atomic mass is 10.1. The Labute approximate surface area is 121 Å². The maximum Gasteiger partial charge on any atom is 0.273 e. The van der Waals surface area contributed by atoms with Crippen molar-refractivity contribution in [2.45, 2.75) is 0 Å². The van der Waals surface area contributed by atoms with Crippen LogP contribution in [0.2, 0.25) is 0 Å². The lowest BCUT2D eigenvalue weighted by molar-refractivity contribution is 0.0821. The van der Waals surface area contributed by atoms with E-state index in [2.05, 4.69) is 10.1 Å². The van der Waals surface area contributed by atoms with Crippen LogP contribution in [0.15, 0.2) is 42.7 Å². The number of para-hydroxylation sites is 1. The number of rotatable bonds is 2. The first-order chi connectivity index (χ1) is 10.1. The minimum Gasteiger partial charge on any atom is -0.396 e. The van der Waals surface area contributed by atoms with Crippen molar-refractivity contribution in [2.24, 2.45) is 0 Å². The van der Waals surface area contributed by atoms with Gasteiger partial charge < -0.3 is 10.6 Å². The van der Waals surface area contributed by atoms with Gasteiger partial charge in [-0.2, -0.15) is 5.10 Å². The number of carbonyl (C=O) groups excluding carboxylic acids is 1. The number of anilines is 1. The maximum absolute atomic E-state index is 11.9. The molecule has 6 heteroatoms. The zero-order valence-electron chi connectivity index (χ0n) is 11.8. The number of pyridine rings is 1. The van der Waals surface area contributed by atoms with E-state index in [9.17, 15) is 4.79 Å². The largest absolute Gasteiger partial charge is 0.396 e. The van der Waals surface area contributed by atoms with Crippen LogP contribution < -0.4 is 5.73 Å². The number of hydrogen-bond donors (Lipinski definition) is 1. The first kappa shape index (κ1) is 13.1. The molecule has 1 aromatic carbocycles. The molecule has 0 aliphatic carbocycles. The van der Waals surface area contributed by atoms with Gasteiger partial charge in [0.05, 0.1) is 23.1 Å². The number of hydrogen-bond acceptors (Lipinski definition) is 4. The summed E-state index contributed by atoms with van der Waals surface area (Å²) in [6, 6.07) is 9.36. The van der Waals surface area contributed by atoms with Crippen LogP contribution in [0.1, 0.15) is 10.5 Å². The topological polar surface area (TPSA) is 77.0 Å². The summed E-state index contributed by atoms with van der Waals surface area (Å²) >= 11 is 0. The molecular weight excluding hydrogens is 266 g/mol. The fourth-order valence-electron chi connectivity index (χ4n) is 2.19. The second kappa shape index (κ2) is 4.90. The molecular formula is C15H15N5O. The van der Waals surface area contributed by atoms with Crippen LogP contribution in [0.3, 0.4) is 0 Å². The van der Waals surface area contributed by atoms with Gasteiger partial charge in [0.1, 0.15) is 0 Å². The van der Waals surface area contributed by atoms with Crippen molar-refractivity contribution in [3.05, 3.63) is 48.4 Å². The van der Waals surface area contributed by atoms with Gasteiger partial charge in [-0.3, -0.25) is 9.78 Å². The zero-order valence-corrected chi connectivity index (χ0v) is 11.8. The Bertz CT molecular complexity index is 822. The molecule has 0 saturated carbocycles. The molecule has 106 valence electrons. The molecule has 0 radical (unpaired) electrons. The Morgan fingerprint density at radius 2 is 2.00 bits per heavy atom. The van der Waals surface area contributed by atoms with Gasteiger partial charge in [-0.1, -0.05) is 18.2 Å². The number of nitrogen functional groups attached to an aromatic ring is 1. The summed E-state index contributed by atoms with van der Waals surface area (Å²) in [5, 5.41) is 5.22. The average molecular weight is 281 g/mol. The first-order valence-corrected chi connectivity index (χ1v) is 6.49. The van der Waals surface area contributed by atoms with Gasteiger partial charge in [0.25, 0.3) is 5.91 Å². The SMILES string of the molecule is CN(C)C(=O)c1ccn(-c2c(N)cnc3ccccc23)n1. The summed E-state index contributed by atoms with van der Waals surface area (Å²) in [7, 11) is 3.38. The lowest BCUT2D eigenvalue weighted by Crippen LogP contribution is -2.22. The maximum atomic E-state index is 11.9. The third kappa shape index (κ3) is 2.20. The molecule has 1 amide bonds. The molecule has 0 saturated heterocycles. The highest BCUT2D eigenvalue weighted by Crippen LogP contribution is 2.25. The first-order valence-electron chi connectivity index (χ1n) is 6.49. The van der Waals surface area contributed by atoms with Crippen LogP contribution in [-0.4, -0.2) is 39.7 Å². The van der Waals surface area contributed by atoms with E-state index in [-0.39, 0.29) is 5.91 Å². The van der Waals surface area contributed by atoms with E-state index in [1.807, 2.05) is 24.3 Å². The van der Waals surface area contributed by atoms with Gasteiger partial charge in [0.15, 0.2) is 5.69 Å². The van der Waals surface area contributed by atoms with Crippen LogP contribution >= 0.6 is 0 Å². The number of fused-ring (bicyclic) bond motifs is 1. The Kier molecular flexibility index (Phi) is 3.06. The van der Waals surface area contributed by atoms with Crippen LogP contribution in [0.5, 0.6) is 0 Å². The van der Waals surface area contributed by atoms with Gasteiger partial charge in [0, 0.05) is 25.7 Å². The van der Waals surface area contributed by atoms with Crippen molar-refractivity contribution in [1.82, 2.24) is 19.7 Å². The van der Waals surface area contributed by atoms with Crippen molar-refractivity contribution < 1.29 is 4.79 Å². The van der Waals surface area contributed by atoms with Crippen LogP contribution in [0.4, 0.5) is 5.69 Å². The predicted molar refractivity (Wildman–Crippen MR) is 81.3 cm³/mol. The normalized spacial score (nSPS) is 10.8. The highest BCUT2D eigenvalue weighted by molar-refractivity contribution is 5.93. The van der Waals surface area contributed by atoms with Crippen LogP contribution in [-0.2, 0) is 0 Å². The predicted octanol–water partition coefficient (Wildman–Crippen LogP) is 1.70. The number of nitrogens with two attached hydrogens (primary N) is 1. The quantitative estimate of drug-likeness (QED) is 0.775. The fraction of sp³-hybridized carbons (Fsp3) is 0.133. The van der Waals surface area contributed by atoms with E-state index in [1.54, 1.807) is 37.2 Å². The average Bonchev–Trinajstić information content (AvgIpc) is 2.95. The zero-order chi connectivity index (χ0) is 15.0. The molecule has 3 rings (SSSR count). The molecule has 21 heavy (non-hydrogen) atoms. The Balaban J connectivity index is 2.17. The molecule has 2 heterocycles. The third-order valence-electron chi connectivity index (χ3n) is 3.22. The lowest BCUT2D eigenvalue weighted by Gasteiger charge is -2.10. The second-order valence-corrected chi connectivity index (χ2v) is 4.92. The third-order valence-corrected chi connectivity index (χ3v) is 3.22. The number of nitrogens with zero attached hydrogens (tertiary/aromatic N) is 4. The monoisotopic (exact) mass is 281 g/mol. The summed E-state index contributed by atoms with van der Waals surface area (Å²) in [6.07, 6.45) is 3.33. The van der Waals surface area contributed by atoms with E-state index in [0.717, 1.165) is 16.6 Å².